The minimum atomic E-state index is -0.534. The van der Waals surface area contributed by atoms with Crippen LogP contribution in [-0.2, 0) is 14.3 Å². The second kappa shape index (κ2) is 3.49. The topological polar surface area (TPSA) is 35.5 Å². The highest BCUT2D eigenvalue weighted by atomic mass is 16.8. The summed E-state index contributed by atoms with van der Waals surface area (Å²) in [5.41, 5.74) is 0.330. The standard InChI is InChI=1S/C17H26O3/c1-15(2)6-9-10(7-15)17(5)8-11(18)12(9)13-14(17)20-16(3,4)19-13/h9-10,12-14H,6-8H2,1-5H3/t9-,10+,12+,13+,14+,17+/m1/s1. The monoisotopic (exact) mass is 278 g/mol. The summed E-state index contributed by atoms with van der Waals surface area (Å²) < 4.78 is 12.4. The number of fused-ring (bicyclic) bond motifs is 1. The van der Waals surface area contributed by atoms with Crippen molar-refractivity contribution >= 4 is 5.78 Å². The van der Waals surface area contributed by atoms with Crippen molar-refractivity contribution in [2.45, 2.75) is 71.9 Å². The van der Waals surface area contributed by atoms with Crippen molar-refractivity contribution in [3.8, 4) is 0 Å². The van der Waals surface area contributed by atoms with Crippen molar-refractivity contribution < 1.29 is 14.3 Å². The molecular weight excluding hydrogens is 252 g/mol. The highest BCUT2D eigenvalue weighted by Crippen LogP contribution is 2.67. The van der Waals surface area contributed by atoms with Crippen molar-refractivity contribution in [2.24, 2.45) is 28.6 Å². The van der Waals surface area contributed by atoms with E-state index in [9.17, 15) is 4.79 Å². The molecule has 1 saturated heterocycles. The van der Waals surface area contributed by atoms with Crippen LogP contribution in [-0.4, -0.2) is 23.8 Å². The summed E-state index contributed by atoms with van der Waals surface area (Å²) in [4.78, 5) is 12.6. The molecule has 2 bridgehead atoms. The van der Waals surface area contributed by atoms with Gasteiger partial charge in [-0.15, -0.1) is 0 Å². The molecular formula is C17H26O3. The molecule has 0 N–H and O–H groups in total. The summed E-state index contributed by atoms with van der Waals surface area (Å²) in [5, 5.41) is 0. The van der Waals surface area contributed by atoms with Crippen molar-refractivity contribution in [3.05, 3.63) is 0 Å². The maximum absolute atomic E-state index is 12.6. The molecule has 6 atom stereocenters. The van der Waals surface area contributed by atoms with Crippen molar-refractivity contribution in [1.29, 1.82) is 0 Å². The Bertz CT molecular complexity index is 447. The van der Waals surface area contributed by atoms with Crippen LogP contribution < -0.4 is 0 Å². The molecule has 4 aliphatic carbocycles. The van der Waals surface area contributed by atoms with E-state index in [1.807, 2.05) is 13.8 Å². The quantitative estimate of drug-likeness (QED) is 0.683. The fourth-order valence-electron chi connectivity index (χ4n) is 5.87. The summed E-state index contributed by atoms with van der Waals surface area (Å²) in [6.45, 7) is 10.9. The minimum absolute atomic E-state index is 0.00796. The Hall–Kier alpha value is -0.410. The average molecular weight is 278 g/mol. The molecule has 0 amide bonds. The van der Waals surface area contributed by atoms with Crippen LogP contribution >= 0.6 is 0 Å². The van der Waals surface area contributed by atoms with Crippen molar-refractivity contribution in [2.75, 3.05) is 0 Å². The van der Waals surface area contributed by atoms with E-state index in [1.54, 1.807) is 0 Å². The molecule has 0 unspecified atom stereocenters. The van der Waals surface area contributed by atoms with Crippen molar-refractivity contribution in [3.63, 3.8) is 0 Å². The van der Waals surface area contributed by atoms with Gasteiger partial charge in [-0.25, -0.2) is 0 Å². The third-order valence-corrected chi connectivity index (χ3v) is 6.45. The van der Waals surface area contributed by atoms with E-state index in [0.717, 1.165) is 6.42 Å². The van der Waals surface area contributed by atoms with Crippen LogP contribution in [0, 0.1) is 28.6 Å². The van der Waals surface area contributed by atoms with Crippen LogP contribution in [0.3, 0.4) is 0 Å². The molecule has 5 fully saturated rings. The number of ketones is 1. The lowest BCUT2D eigenvalue weighted by Gasteiger charge is -2.56. The van der Waals surface area contributed by atoms with E-state index in [-0.39, 0.29) is 23.5 Å². The third-order valence-electron chi connectivity index (χ3n) is 6.45. The smallest absolute Gasteiger partial charge is 0.163 e. The lowest BCUT2D eigenvalue weighted by atomic mass is 9.49. The highest BCUT2D eigenvalue weighted by molar-refractivity contribution is 5.85. The summed E-state index contributed by atoms with van der Waals surface area (Å²) in [6, 6.07) is 0. The Morgan fingerprint density at radius 1 is 1.05 bits per heavy atom. The molecule has 0 aromatic heterocycles. The third kappa shape index (κ3) is 1.51. The number of carbonyl (C=O) groups excluding carboxylic acids is 1. The van der Waals surface area contributed by atoms with Gasteiger partial charge in [0.2, 0.25) is 0 Å². The zero-order valence-corrected chi connectivity index (χ0v) is 13.2. The van der Waals surface area contributed by atoms with E-state index in [4.69, 9.17) is 9.47 Å². The number of rotatable bonds is 0. The highest BCUT2D eigenvalue weighted by Gasteiger charge is 2.70. The Morgan fingerprint density at radius 3 is 2.45 bits per heavy atom. The lowest BCUT2D eigenvalue weighted by molar-refractivity contribution is -0.173. The number of ether oxygens (including phenoxy) is 2. The molecule has 0 aromatic rings. The maximum Gasteiger partial charge on any atom is 0.163 e. The van der Waals surface area contributed by atoms with Gasteiger partial charge in [0.05, 0.1) is 12.2 Å². The molecule has 1 heterocycles. The van der Waals surface area contributed by atoms with E-state index in [0.29, 0.717) is 29.5 Å². The molecule has 3 nitrogen and oxygen atoms in total. The number of carbonyl (C=O) groups is 1. The van der Waals surface area contributed by atoms with E-state index in [1.165, 1.54) is 6.42 Å². The van der Waals surface area contributed by atoms with Crippen LogP contribution in [0.5, 0.6) is 0 Å². The molecule has 1 aliphatic heterocycles. The predicted molar refractivity (Wildman–Crippen MR) is 75.0 cm³/mol. The van der Waals surface area contributed by atoms with Gasteiger partial charge in [-0.1, -0.05) is 20.8 Å². The van der Waals surface area contributed by atoms with Gasteiger partial charge < -0.3 is 9.47 Å². The van der Waals surface area contributed by atoms with E-state index >= 15 is 0 Å². The second-order valence-corrected chi connectivity index (χ2v) is 9.04. The number of hydrogen-bond acceptors (Lipinski definition) is 3. The first-order valence-electron chi connectivity index (χ1n) is 8.01. The zero-order chi connectivity index (χ0) is 14.5. The largest absolute Gasteiger partial charge is 0.344 e. The first-order chi connectivity index (χ1) is 9.13. The lowest BCUT2D eigenvalue weighted by Crippen LogP contribution is -2.63. The fraction of sp³-hybridized carbons (Fsp3) is 0.941. The average Bonchev–Trinajstić information content (AvgIpc) is 2.75. The van der Waals surface area contributed by atoms with Gasteiger partial charge in [0.1, 0.15) is 5.78 Å². The zero-order valence-electron chi connectivity index (χ0n) is 13.2. The van der Waals surface area contributed by atoms with Crippen LogP contribution in [0.15, 0.2) is 0 Å². The molecule has 112 valence electrons. The molecule has 4 saturated carbocycles. The summed E-state index contributed by atoms with van der Waals surface area (Å²) >= 11 is 0. The van der Waals surface area contributed by atoms with Gasteiger partial charge in [0.15, 0.2) is 5.79 Å². The molecule has 0 aromatic carbocycles. The SMILES string of the molecule is CC1(C)C[C@H]2[C@H]3C(=O)C[C@@](C)([C@H]2C1)[C@H]1OC(C)(C)O[C@@H]31. The maximum atomic E-state index is 12.6. The van der Waals surface area contributed by atoms with E-state index in [2.05, 4.69) is 20.8 Å². The Kier molecular flexibility index (Phi) is 2.32. The second-order valence-electron chi connectivity index (χ2n) is 9.04. The Balaban J connectivity index is 1.79. The predicted octanol–water partition coefficient (Wildman–Crippen LogP) is 3.17. The first-order valence-corrected chi connectivity index (χ1v) is 8.01. The molecule has 5 rings (SSSR count). The van der Waals surface area contributed by atoms with Crippen LogP contribution in [0.2, 0.25) is 0 Å². The van der Waals surface area contributed by atoms with Gasteiger partial charge in [-0.3, -0.25) is 4.79 Å². The Labute approximate surface area is 121 Å². The van der Waals surface area contributed by atoms with Crippen molar-refractivity contribution in [1.82, 2.24) is 0 Å². The van der Waals surface area contributed by atoms with Crippen LogP contribution in [0.1, 0.15) is 53.9 Å². The molecule has 0 spiro atoms. The number of hydrogen-bond donors (Lipinski definition) is 0. The normalized spacial score (nSPS) is 54.9. The van der Waals surface area contributed by atoms with Crippen LogP contribution in [0.4, 0.5) is 0 Å². The summed E-state index contributed by atoms with van der Waals surface area (Å²) in [6.07, 6.45) is 3.18. The molecule has 20 heavy (non-hydrogen) atoms. The summed E-state index contributed by atoms with van der Waals surface area (Å²) in [7, 11) is 0. The Morgan fingerprint density at radius 2 is 1.75 bits per heavy atom. The van der Waals surface area contributed by atoms with Gasteiger partial charge in [-0.05, 0) is 43.9 Å². The minimum Gasteiger partial charge on any atom is -0.344 e. The van der Waals surface area contributed by atoms with Gasteiger partial charge in [-0.2, -0.15) is 0 Å². The first kappa shape index (κ1) is 13.3. The summed E-state index contributed by atoms with van der Waals surface area (Å²) in [5.74, 6) is 1.10. The fourth-order valence-corrected chi connectivity index (χ4v) is 5.87. The molecule has 3 heteroatoms. The van der Waals surface area contributed by atoms with Gasteiger partial charge >= 0.3 is 0 Å². The molecule has 0 radical (unpaired) electrons. The van der Waals surface area contributed by atoms with Gasteiger partial charge in [0, 0.05) is 17.8 Å². The van der Waals surface area contributed by atoms with E-state index < -0.39 is 5.79 Å². The van der Waals surface area contributed by atoms with Gasteiger partial charge in [0.25, 0.3) is 0 Å². The van der Waals surface area contributed by atoms with Crippen LogP contribution in [0.25, 0.3) is 0 Å². The molecule has 5 aliphatic rings. The number of Topliss-reactive ketones (excluding diaryl/α,β-unsaturated/α-hetero) is 1.